The molecule has 7 nitrogen and oxygen atoms in total. The predicted molar refractivity (Wildman–Crippen MR) is 114 cm³/mol. The molecular weight excluding hydrogens is 380 g/mol. The Morgan fingerprint density at radius 3 is 2.50 bits per heavy atom. The number of aryl methyl sites for hydroxylation is 1. The lowest BCUT2D eigenvalue weighted by Gasteiger charge is -2.28. The molecule has 156 valence electrons. The molecule has 3 aromatic rings. The van der Waals surface area contributed by atoms with Crippen LogP contribution in [0, 0.1) is 0 Å². The van der Waals surface area contributed by atoms with Gasteiger partial charge in [-0.15, -0.1) is 0 Å². The van der Waals surface area contributed by atoms with Crippen molar-refractivity contribution in [3.63, 3.8) is 0 Å². The van der Waals surface area contributed by atoms with E-state index in [1.807, 2.05) is 48.5 Å². The fourth-order valence-electron chi connectivity index (χ4n) is 3.99. The second-order valence-electron chi connectivity index (χ2n) is 7.70. The highest BCUT2D eigenvalue weighted by atomic mass is 16.5. The van der Waals surface area contributed by atoms with Gasteiger partial charge in [0.25, 0.3) is 5.56 Å². The van der Waals surface area contributed by atoms with Gasteiger partial charge in [-0.05, 0) is 11.6 Å². The van der Waals surface area contributed by atoms with Crippen LogP contribution in [0.4, 0.5) is 0 Å². The smallest absolute Gasteiger partial charge is 0.274 e. The molecule has 0 unspecified atom stereocenters. The standard InChI is InChI=1S/C23H26N4O3/c1-26-23(29)19-10-6-5-9-18(19)20(25-26)15-22(28)24-21(17-7-3-2-4-8-17)16-27-11-13-30-14-12-27/h2-10,21H,11-16H2,1H3,(H,24,28)/p+1/t21-/m0/s1. The number of quaternary nitrogens is 1. The van der Waals surface area contributed by atoms with Crippen LogP contribution in [0.3, 0.4) is 0 Å². The zero-order chi connectivity index (χ0) is 20.9. The van der Waals surface area contributed by atoms with Crippen molar-refractivity contribution >= 4 is 16.7 Å². The topological polar surface area (TPSA) is 77.7 Å². The van der Waals surface area contributed by atoms with E-state index in [-0.39, 0.29) is 23.9 Å². The summed E-state index contributed by atoms with van der Waals surface area (Å²) >= 11 is 0. The summed E-state index contributed by atoms with van der Waals surface area (Å²) < 4.78 is 6.77. The van der Waals surface area contributed by atoms with Gasteiger partial charge >= 0.3 is 0 Å². The lowest BCUT2D eigenvalue weighted by atomic mass is 10.0. The largest absolute Gasteiger partial charge is 0.370 e. The van der Waals surface area contributed by atoms with Crippen molar-refractivity contribution in [1.82, 2.24) is 15.1 Å². The van der Waals surface area contributed by atoms with Gasteiger partial charge in [-0.2, -0.15) is 5.10 Å². The van der Waals surface area contributed by atoms with Crippen LogP contribution in [0.1, 0.15) is 17.3 Å². The van der Waals surface area contributed by atoms with Crippen molar-refractivity contribution in [1.29, 1.82) is 0 Å². The number of benzene rings is 2. The molecular formula is C23H27N4O3+. The lowest BCUT2D eigenvalue weighted by Crippen LogP contribution is -3.14. The molecule has 2 heterocycles. The predicted octanol–water partition coefficient (Wildman–Crippen LogP) is 0.249. The van der Waals surface area contributed by atoms with E-state index in [9.17, 15) is 9.59 Å². The van der Waals surface area contributed by atoms with E-state index < -0.39 is 0 Å². The van der Waals surface area contributed by atoms with Gasteiger partial charge < -0.3 is 15.0 Å². The molecule has 2 aromatic carbocycles. The van der Waals surface area contributed by atoms with Crippen molar-refractivity contribution in [3.8, 4) is 0 Å². The molecule has 0 bridgehead atoms. The molecule has 0 radical (unpaired) electrons. The quantitative estimate of drug-likeness (QED) is 0.614. The Hall–Kier alpha value is -3.03. The number of ether oxygens (including phenoxy) is 1. The number of rotatable bonds is 6. The maximum atomic E-state index is 13.0. The Bertz CT molecular complexity index is 1070. The number of nitrogens with one attached hydrogen (secondary N) is 2. The summed E-state index contributed by atoms with van der Waals surface area (Å²) in [5, 5.41) is 8.86. The zero-order valence-corrected chi connectivity index (χ0v) is 17.1. The summed E-state index contributed by atoms with van der Waals surface area (Å²) in [6, 6.07) is 17.3. The molecule has 1 saturated heterocycles. The minimum absolute atomic E-state index is 0.0920. The third-order valence-electron chi connectivity index (χ3n) is 5.59. The molecule has 1 atom stereocenters. The van der Waals surface area contributed by atoms with Crippen LogP contribution in [0.15, 0.2) is 59.4 Å². The van der Waals surface area contributed by atoms with Crippen LogP contribution in [-0.2, 0) is 23.0 Å². The highest BCUT2D eigenvalue weighted by Gasteiger charge is 2.23. The summed E-state index contributed by atoms with van der Waals surface area (Å²) in [7, 11) is 1.62. The molecule has 4 rings (SSSR count). The van der Waals surface area contributed by atoms with E-state index in [0.717, 1.165) is 43.8 Å². The number of carbonyl (C=O) groups excluding carboxylic acids is 1. The number of morpholine rings is 1. The highest BCUT2D eigenvalue weighted by Crippen LogP contribution is 2.15. The summed E-state index contributed by atoms with van der Waals surface area (Å²) in [5.41, 5.74) is 1.53. The van der Waals surface area contributed by atoms with Crippen molar-refractivity contribution in [2.45, 2.75) is 12.5 Å². The second-order valence-corrected chi connectivity index (χ2v) is 7.70. The maximum absolute atomic E-state index is 13.0. The number of nitrogens with zero attached hydrogens (tertiary/aromatic N) is 2. The van der Waals surface area contributed by atoms with Gasteiger partial charge in [-0.3, -0.25) is 9.59 Å². The SMILES string of the molecule is Cn1nc(CC(=O)N[C@@H](C[NH+]2CCOCC2)c2ccccc2)c2ccccc2c1=O. The van der Waals surface area contributed by atoms with Gasteiger partial charge in [0, 0.05) is 12.4 Å². The van der Waals surface area contributed by atoms with Gasteiger partial charge in [-0.1, -0.05) is 48.5 Å². The number of fused-ring (bicyclic) bond motifs is 1. The minimum Gasteiger partial charge on any atom is -0.370 e. The maximum Gasteiger partial charge on any atom is 0.274 e. The summed E-state index contributed by atoms with van der Waals surface area (Å²) in [6.45, 7) is 4.18. The molecule has 30 heavy (non-hydrogen) atoms. The van der Waals surface area contributed by atoms with Crippen LogP contribution < -0.4 is 15.8 Å². The molecule has 1 aliphatic rings. The van der Waals surface area contributed by atoms with Crippen molar-refractivity contribution in [3.05, 3.63) is 76.2 Å². The van der Waals surface area contributed by atoms with Crippen LogP contribution in [-0.4, -0.2) is 48.5 Å². The van der Waals surface area contributed by atoms with Gasteiger partial charge in [0.2, 0.25) is 5.91 Å². The fourth-order valence-corrected chi connectivity index (χ4v) is 3.99. The van der Waals surface area contributed by atoms with E-state index in [2.05, 4.69) is 10.4 Å². The number of carbonyl (C=O) groups is 1. The molecule has 0 saturated carbocycles. The Labute approximate surface area is 175 Å². The van der Waals surface area contributed by atoms with Crippen LogP contribution >= 0.6 is 0 Å². The lowest BCUT2D eigenvalue weighted by molar-refractivity contribution is -0.909. The fraction of sp³-hybridized carbons (Fsp3) is 0.348. The summed E-state index contributed by atoms with van der Waals surface area (Å²) in [4.78, 5) is 26.8. The monoisotopic (exact) mass is 407 g/mol. The zero-order valence-electron chi connectivity index (χ0n) is 17.1. The first-order valence-electron chi connectivity index (χ1n) is 10.3. The van der Waals surface area contributed by atoms with E-state index >= 15 is 0 Å². The first kappa shape index (κ1) is 20.3. The first-order chi connectivity index (χ1) is 14.6. The average Bonchev–Trinajstić information content (AvgIpc) is 2.78. The molecule has 2 N–H and O–H groups in total. The van der Waals surface area contributed by atoms with Crippen molar-refractivity contribution in [2.24, 2.45) is 7.05 Å². The summed E-state index contributed by atoms with van der Waals surface area (Å²) in [5.74, 6) is -0.104. The van der Waals surface area contributed by atoms with Gasteiger partial charge in [0.15, 0.2) is 0 Å². The molecule has 7 heteroatoms. The van der Waals surface area contributed by atoms with E-state index in [1.54, 1.807) is 13.1 Å². The molecule has 1 aromatic heterocycles. The number of aromatic nitrogens is 2. The third kappa shape index (κ3) is 4.58. The second kappa shape index (κ2) is 9.19. The number of hydrogen-bond donors (Lipinski definition) is 2. The van der Waals surface area contributed by atoms with Crippen LogP contribution in [0.2, 0.25) is 0 Å². The van der Waals surface area contributed by atoms with Gasteiger partial charge in [0.1, 0.15) is 25.7 Å². The first-order valence-corrected chi connectivity index (χ1v) is 10.3. The normalized spacial score (nSPS) is 15.8. The minimum atomic E-state index is -0.159. The van der Waals surface area contributed by atoms with Crippen LogP contribution in [0.25, 0.3) is 10.8 Å². The van der Waals surface area contributed by atoms with Gasteiger partial charge in [0.05, 0.1) is 30.7 Å². The van der Waals surface area contributed by atoms with Crippen molar-refractivity contribution in [2.75, 3.05) is 32.8 Å². The molecule has 0 spiro atoms. The Morgan fingerprint density at radius 2 is 1.77 bits per heavy atom. The number of amides is 1. The molecule has 1 aliphatic heterocycles. The Balaban J connectivity index is 1.55. The molecule has 1 fully saturated rings. The number of hydrogen-bond acceptors (Lipinski definition) is 4. The Morgan fingerprint density at radius 1 is 1.10 bits per heavy atom. The average molecular weight is 407 g/mol. The van der Waals surface area contributed by atoms with Gasteiger partial charge in [-0.25, -0.2) is 4.68 Å². The van der Waals surface area contributed by atoms with E-state index in [1.165, 1.54) is 9.58 Å². The highest BCUT2D eigenvalue weighted by molar-refractivity contribution is 5.88. The summed E-state index contributed by atoms with van der Waals surface area (Å²) in [6.07, 6.45) is 0.121. The molecule has 1 amide bonds. The third-order valence-corrected chi connectivity index (χ3v) is 5.59. The Kier molecular flexibility index (Phi) is 6.21. The van der Waals surface area contributed by atoms with Crippen molar-refractivity contribution < 1.29 is 14.4 Å². The molecule has 0 aliphatic carbocycles. The van der Waals surface area contributed by atoms with Crippen LogP contribution in [0.5, 0.6) is 0 Å². The van der Waals surface area contributed by atoms with E-state index in [4.69, 9.17) is 4.74 Å². The van der Waals surface area contributed by atoms with E-state index in [0.29, 0.717) is 11.1 Å².